The molecule has 1 fully saturated rings. The smallest absolute Gasteiger partial charge is 0.0805 e. The van der Waals surface area contributed by atoms with E-state index in [1.54, 1.807) is 0 Å². The van der Waals surface area contributed by atoms with Crippen LogP contribution in [-0.4, -0.2) is 18.2 Å². The standard InChI is InChI=1S/C15H23NO/c1-15(11-6-12-17-15)14(16)10-5-9-13-7-3-2-4-8-13/h2-4,7-8,14H,5-6,9-12,16H2,1H3. The summed E-state index contributed by atoms with van der Waals surface area (Å²) in [7, 11) is 0. The first-order valence-electron chi connectivity index (χ1n) is 6.64. The number of hydrogen-bond donors (Lipinski definition) is 1. The minimum absolute atomic E-state index is 0.0727. The molecule has 1 aliphatic heterocycles. The Hall–Kier alpha value is -0.860. The topological polar surface area (TPSA) is 35.2 Å². The third-order valence-corrected chi connectivity index (χ3v) is 3.86. The van der Waals surface area contributed by atoms with E-state index in [1.807, 2.05) is 0 Å². The molecule has 0 radical (unpaired) electrons. The van der Waals surface area contributed by atoms with Gasteiger partial charge in [0.2, 0.25) is 0 Å². The second-order valence-electron chi connectivity index (χ2n) is 5.25. The molecule has 94 valence electrons. The lowest BCUT2D eigenvalue weighted by Gasteiger charge is -2.30. The van der Waals surface area contributed by atoms with E-state index < -0.39 is 0 Å². The lowest BCUT2D eigenvalue weighted by Crippen LogP contribution is -2.45. The normalized spacial score (nSPS) is 26.0. The maximum atomic E-state index is 6.25. The average molecular weight is 233 g/mol. The lowest BCUT2D eigenvalue weighted by molar-refractivity contribution is -0.00348. The van der Waals surface area contributed by atoms with Gasteiger partial charge in [-0.3, -0.25) is 0 Å². The van der Waals surface area contributed by atoms with Crippen molar-refractivity contribution in [3.05, 3.63) is 35.9 Å². The highest BCUT2D eigenvalue weighted by atomic mass is 16.5. The Morgan fingerprint density at radius 1 is 1.35 bits per heavy atom. The van der Waals surface area contributed by atoms with E-state index in [1.165, 1.54) is 5.56 Å². The zero-order valence-electron chi connectivity index (χ0n) is 10.7. The van der Waals surface area contributed by atoms with Crippen molar-refractivity contribution in [2.45, 2.75) is 50.7 Å². The molecule has 0 saturated carbocycles. The Bertz CT molecular complexity index is 330. The van der Waals surface area contributed by atoms with Crippen molar-refractivity contribution in [1.29, 1.82) is 0 Å². The van der Waals surface area contributed by atoms with Gasteiger partial charge in [0, 0.05) is 12.6 Å². The zero-order chi connectivity index (χ0) is 12.1. The maximum Gasteiger partial charge on any atom is 0.0805 e. The minimum Gasteiger partial charge on any atom is -0.374 e. The van der Waals surface area contributed by atoms with Crippen LogP contribution >= 0.6 is 0 Å². The molecule has 2 atom stereocenters. The molecule has 2 nitrogen and oxygen atoms in total. The van der Waals surface area contributed by atoms with Crippen molar-refractivity contribution in [3.63, 3.8) is 0 Å². The molecule has 1 aliphatic rings. The van der Waals surface area contributed by atoms with Crippen molar-refractivity contribution in [2.24, 2.45) is 5.73 Å². The summed E-state index contributed by atoms with van der Waals surface area (Å²) in [4.78, 5) is 0. The summed E-state index contributed by atoms with van der Waals surface area (Å²) in [6, 6.07) is 10.8. The Morgan fingerprint density at radius 3 is 2.76 bits per heavy atom. The zero-order valence-corrected chi connectivity index (χ0v) is 10.7. The molecule has 0 bridgehead atoms. The second-order valence-corrected chi connectivity index (χ2v) is 5.25. The summed E-state index contributed by atoms with van der Waals surface area (Å²) in [5.41, 5.74) is 7.58. The summed E-state index contributed by atoms with van der Waals surface area (Å²) in [5.74, 6) is 0. The highest BCUT2D eigenvalue weighted by Crippen LogP contribution is 2.29. The lowest BCUT2D eigenvalue weighted by atomic mass is 9.89. The van der Waals surface area contributed by atoms with Crippen LogP contribution in [0.1, 0.15) is 38.2 Å². The van der Waals surface area contributed by atoms with Crippen LogP contribution in [0.25, 0.3) is 0 Å². The fourth-order valence-corrected chi connectivity index (χ4v) is 2.57. The molecule has 17 heavy (non-hydrogen) atoms. The highest BCUT2D eigenvalue weighted by molar-refractivity contribution is 5.14. The van der Waals surface area contributed by atoms with Crippen LogP contribution in [-0.2, 0) is 11.2 Å². The Morgan fingerprint density at radius 2 is 2.12 bits per heavy atom. The molecule has 1 saturated heterocycles. The molecule has 2 rings (SSSR count). The average Bonchev–Trinajstić information content (AvgIpc) is 2.79. The van der Waals surface area contributed by atoms with Gasteiger partial charge < -0.3 is 10.5 Å². The van der Waals surface area contributed by atoms with Gasteiger partial charge in [-0.05, 0) is 44.6 Å². The Labute approximate surface area is 104 Å². The summed E-state index contributed by atoms with van der Waals surface area (Å²) >= 11 is 0. The molecule has 1 aromatic rings. The van der Waals surface area contributed by atoms with E-state index in [2.05, 4.69) is 37.3 Å². The summed E-state index contributed by atoms with van der Waals surface area (Å²) in [6.07, 6.45) is 5.57. The van der Waals surface area contributed by atoms with Gasteiger partial charge in [0.05, 0.1) is 5.60 Å². The van der Waals surface area contributed by atoms with Crippen LogP contribution in [0, 0.1) is 0 Å². The van der Waals surface area contributed by atoms with E-state index in [-0.39, 0.29) is 11.6 Å². The molecule has 2 unspecified atom stereocenters. The third-order valence-electron chi connectivity index (χ3n) is 3.86. The van der Waals surface area contributed by atoms with Crippen LogP contribution in [0.3, 0.4) is 0 Å². The minimum atomic E-state index is -0.0727. The summed E-state index contributed by atoms with van der Waals surface area (Å²) in [6.45, 7) is 3.04. The number of ether oxygens (including phenoxy) is 1. The van der Waals surface area contributed by atoms with Crippen molar-refractivity contribution in [1.82, 2.24) is 0 Å². The molecule has 0 spiro atoms. The van der Waals surface area contributed by atoms with Gasteiger partial charge in [-0.15, -0.1) is 0 Å². The van der Waals surface area contributed by atoms with E-state index in [0.29, 0.717) is 0 Å². The molecule has 0 amide bonds. The molecule has 0 aliphatic carbocycles. The number of benzene rings is 1. The predicted octanol–water partition coefficient (Wildman–Crippen LogP) is 2.91. The first-order valence-corrected chi connectivity index (χ1v) is 6.64. The third kappa shape index (κ3) is 3.30. The first kappa shape index (κ1) is 12.6. The van der Waals surface area contributed by atoms with Crippen molar-refractivity contribution >= 4 is 0 Å². The molecule has 0 aromatic heterocycles. The van der Waals surface area contributed by atoms with E-state index in [4.69, 9.17) is 10.5 Å². The summed E-state index contributed by atoms with van der Waals surface area (Å²) in [5, 5.41) is 0. The van der Waals surface area contributed by atoms with Crippen molar-refractivity contribution < 1.29 is 4.74 Å². The predicted molar refractivity (Wildman–Crippen MR) is 70.9 cm³/mol. The van der Waals surface area contributed by atoms with Gasteiger partial charge in [0.15, 0.2) is 0 Å². The number of hydrogen-bond acceptors (Lipinski definition) is 2. The van der Waals surface area contributed by atoms with Gasteiger partial charge in [-0.1, -0.05) is 30.3 Å². The molecule has 2 N–H and O–H groups in total. The van der Waals surface area contributed by atoms with Crippen LogP contribution in [0.5, 0.6) is 0 Å². The second kappa shape index (κ2) is 5.65. The molecular weight excluding hydrogens is 210 g/mol. The molecule has 2 heteroatoms. The van der Waals surface area contributed by atoms with Crippen LogP contribution < -0.4 is 5.73 Å². The van der Waals surface area contributed by atoms with Gasteiger partial charge in [0.25, 0.3) is 0 Å². The van der Waals surface area contributed by atoms with Crippen LogP contribution in [0.15, 0.2) is 30.3 Å². The van der Waals surface area contributed by atoms with E-state index in [0.717, 1.165) is 38.7 Å². The highest BCUT2D eigenvalue weighted by Gasteiger charge is 2.35. The molecule has 1 heterocycles. The molecule has 1 aromatic carbocycles. The quantitative estimate of drug-likeness (QED) is 0.848. The SMILES string of the molecule is CC1(C(N)CCCc2ccccc2)CCCO1. The van der Waals surface area contributed by atoms with E-state index in [9.17, 15) is 0 Å². The van der Waals surface area contributed by atoms with Gasteiger partial charge in [-0.25, -0.2) is 0 Å². The van der Waals surface area contributed by atoms with Crippen LogP contribution in [0.4, 0.5) is 0 Å². The fraction of sp³-hybridized carbons (Fsp3) is 0.600. The Kier molecular flexibility index (Phi) is 4.19. The van der Waals surface area contributed by atoms with Crippen molar-refractivity contribution in [3.8, 4) is 0 Å². The number of aryl methyl sites for hydroxylation is 1. The van der Waals surface area contributed by atoms with Crippen LogP contribution in [0.2, 0.25) is 0 Å². The Balaban J connectivity index is 1.75. The number of nitrogens with two attached hydrogens (primary N) is 1. The maximum absolute atomic E-state index is 6.25. The van der Waals surface area contributed by atoms with Gasteiger partial charge in [0.1, 0.15) is 0 Å². The van der Waals surface area contributed by atoms with E-state index >= 15 is 0 Å². The molecular formula is C15H23NO. The number of rotatable bonds is 5. The van der Waals surface area contributed by atoms with Crippen molar-refractivity contribution in [2.75, 3.05) is 6.61 Å². The largest absolute Gasteiger partial charge is 0.374 e. The fourth-order valence-electron chi connectivity index (χ4n) is 2.57. The van der Waals surface area contributed by atoms with Gasteiger partial charge >= 0.3 is 0 Å². The van der Waals surface area contributed by atoms with Gasteiger partial charge in [-0.2, -0.15) is 0 Å². The monoisotopic (exact) mass is 233 g/mol. The first-order chi connectivity index (χ1) is 8.21. The summed E-state index contributed by atoms with van der Waals surface area (Å²) < 4.78 is 5.78.